The van der Waals surface area contributed by atoms with E-state index in [1.54, 1.807) is 23.0 Å². The van der Waals surface area contributed by atoms with Crippen molar-refractivity contribution in [3.05, 3.63) is 65.1 Å². The zero-order valence-corrected chi connectivity index (χ0v) is 16.9. The van der Waals surface area contributed by atoms with Gasteiger partial charge < -0.3 is 14.8 Å². The molecule has 1 amide bonds. The van der Waals surface area contributed by atoms with Gasteiger partial charge in [-0.15, -0.1) is 0 Å². The molecule has 166 valence electrons. The van der Waals surface area contributed by atoms with Gasteiger partial charge in [0.15, 0.2) is 5.69 Å². The summed E-state index contributed by atoms with van der Waals surface area (Å²) < 4.78 is 52.1. The highest BCUT2D eigenvalue weighted by atomic mass is 19.4. The maximum atomic E-state index is 13.2. The fourth-order valence-corrected chi connectivity index (χ4v) is 4.00. The summed E-state index contributed by atoms with van der Waals surface area (Å²) in [7, 11) is 0. The van der Waals surface area contributed by atoms with Crippen molar-refractivity contribution in [2.24, 2.45) is 0 Å². The SMILES string of the molecule is O=C(NC1COc2ccc(C(F)(F)F)cc2C1)c1nn2c(c1-c1ccccn1)COCC2. The third-order valence-electron chi connectivity index (χ3n) is 5.51. The second-order valence-electron chi connectivity index (χ2n) is 7.67. The number of carbonyl (C=O) groups excluding carboxylic acids is 1. The van der Waals surface area contributed by atoms with Gasteiger partial charge in [0.25, 0.3) is 5.91 Å². The largest absolute Gasteiger partial charge is 0.491 e. The molecule has 7 nitrogen and oxygen atoms in total. The highest BCUT2D eigenvalue weighted by Gasteiger charge is 2.33. The van der Waals surface area contributed by atoms with E-state index in [1.165, 1.54) is 6.07 Å². The van der Waals surface area contributed by atoms with Gasteiger partial charge in [0.05, 0.1) is 48.3 Å². The lowest BCUT2D eigenvalue weighted by Crippen LogP contribution is -2.43. The lowest BCUT2D eigenvalue weighted by molar-refractivity contribution is -0.137. The Morgan fingerprint density at radius 2 is 2.09 bits per heavy atom. The van der Waals surface area contributed by atoms with Gasteiger partial charge in [0.1, 0.15) is 12.4 Å². The van der Waals surface area contributed by atoms with Crippen LogP contribution in [0.3, 0.4) is 0 Å². The third kappa shape index (κ3) is 3.81. The van der Waals surface area contributed by atoms with Gasteiger partial charge in [-0.3, -0.25) is 14.5 Å². The van der Waals surface area contributed by atoms with Crippen LogP contribution in [0, 0.1) is 0 Å². The fraction of sp³-hybridized carbons (Fsp3) is 0.318. The number of benzene rings is 1. The number of fused-ring (bicyclic) bond motifs is 2. The Morgan fingerprint density at radius 1 is 1.22 bits per heavy atom. The summed E-state index contributed by atoms with van der Waals surface area (Å²) >= 11 is 0. The molecule has 4 heterocycles. The molecule has 3 aromatic rings. The van der Waals surface area contributed by atoms with Crippen molar-refractivity contribution in [3.63, 3.8) is 0 Å². The first-order valence-electron chi connectivity index (χ1n) is 10.1. The van der Waals surface area contributed by atoms with Gasteiger partial charge in [-0.25, -0.2) is 0 Å². The predicted octanol–water partition coefficient (Wildman–Crippen LogP) is 3.23. The van der Waals surface area contributed by atoms with Crippen LogP contribution in [-0.2, 0) is 30.5 Å². The zero-order valence-electron chi connectivity index (χ0n) is 16.9. The van der Waals surface area contributed by atoms with Crippen LogP contribution < -0.4 is 10.1 Å². The van der Waals surface area contributed by atoms with Gasteiger partial charge in [0, 0.05) is 6.20 Å². The van der Waals surface area contributed by atoms with Crippen molar-refractivity contribution in [1.29, 1.82) is 0 Å². The van der Waals surface area contributed by atoms with Gasteiger partial charge >= 0.3 is 6.18 Å². The summed E-state index contributed by atoms with van der Waals surface area (Å²) in [5, 5.41) is 7.34. The van der Waals surface area contributed by atoms with E-state index in [0.29, 0.717) is 42.3 Å². The molecule has 32 heavy (non-hydrogen) atoms. The first-order valence-corrected chi connectivity index (χ1v) is 10.1. The predicted molar refractivity (Wildman–Crippen MR) is 107 cm³/mol. The summed E-state index contributed by atoms with van der Waals surface area (Å²) in [6.45, 7) is 1.47. The van der Waals surface area contributed by atoms with Crippen LogP contribution in [-0.4, -0.2) is 39.9 Å². The Hall–Kier alpha value is -3.40. The molecule has 5 rings (SSSR count). The highest BCUT2D eigenvalue weighted by molar-refractivity contribution is 5.99. The van der Waals surface area contributed by atoms with E-state index >= 15 is 0 Å². The number of pyridine rings is 1. The number of aromatic nitrogens is 3. The van der Waals surface area contributed by atoms with Crippen LogP contribution in [0.2, 0.25) is 0 Å². The number of ether oxygens (including phenoxy) is 2. The number of nitrogens with zero attached hydrogens (tertiary/aromatic N) is 3. The second-order valence-corrected chi connectivity index (χ2v) is 7.67. The minimum Gasteiger partial charge on any atom is -0.491 e. The molecule has 1 atom stereocenters. The minimum absolute atomic E-state index is 0.152. The number of hydrogen-bond donors (Lipinski definition) is 1. The topological polar surface area (TPSA) is 78.3 Å². The van der Waals surface area contributed by atoms with E-state index in [4.69, 9.17) is 9.47 Å². The maximum Gasteiger partial charge on any atom is 0.416 e. The van der Waals surface area contributed by atoms with Crippen molar-refractivity contribution in [1.82, 2.24) is 20.1 Å². The Morgan fingerprint density at radius 3 is 2.88 bits per heavy atom. The highest BCUT2D eigenvalue weighted by Crippen LogP contribution is 2.34. The van der Waals surface area contributed by atoms with E-state index in [2.05, 4.69) is 15.4 Å². The first kappa shape index (κ1) is 20.5. The van der Waals surface area contributed by atoms with Crippen molar-refractivity contribution >= 4 is 5.91 Å². The summed E-state index contributed by atoms with van der Waals surface area (Å²) in [5.41, 5.74) is 1.83. The number of hydrogen-bond acceptors (Lipinski definition) is 5. The molecule has 1 N–H and O–H groups in total. The molecule has 1 aromatic carbocycles. The minimum atomic E-state index is -4.44. The summed E-state index contributed by atoms with van der Waals surface area (Å²) in [6, 6.07) is 8.28. The first-order chi connectivity index (χ1) is 15.4. The number of amides is 1. The number of alkyl halides is 3. The van der Waals surface area contributed by atoms with E-state index in [9.17, 15) is 18.0 Å². The van der Waals surface area contributed by atoms with Gasteiger partial charge in [-0.1, -0.05) is 6.07 Å². The normalized spacial score (nSPS) is 17.8. The average Bonchev–Trinajstić information content (AvgIpc) is 3.18. The van der Waals surface area contributed by atoms with Crippen LogP contribution >= 0.6 is 0 Å². The molecular formula is C22H19F3N4O3. The van der Waals surface area contributed by atoms with Crippen LogP contribution in [0.5, 0.6) is 5.75 Å². The number of carbonyl (C=O) groups is 1. The van der Waals surface area contributed by atoms with E-state index in [-0.39, 0.29) is 18.7 Å². The molecule has 0 spiro atoms. The van der Waals surface area contributed by atoms with Gasteiger partial charge in [0.2, 0.25) is 0 Å². The molecule has 2 aromatic heterocycles. The van der Waals surface area contributed by atoms with Gasteiger partial charge in [-0.2, -0.15) is 18.3 Å². The zero-order chi connectivity index (χ0) is 22.3. The molecule has 0 bridgehead atoms. The Bertz CT molecular complexity index is 1160. The standard InChI is InChI=1S/C22H19F3N4O3/c23-22(24,25)14-4-5-18-13(9-14)10-15(11-32-18)27-21(30)20-19(16-3-1-2-6-26-16)17-12-31-8-7-29(17)28-20/h1-6,9,15H,7-8,10-12H2,(H,27,30). The van der Waals surface area contributed by atoms with Crippen molar-refractivity contribution in [2.75, 3.05) is 13.2 Å². The second kappa shape index (κ2) is 7.94. The molecule has 0 aliphatic carbocycles. The molecule has 2 aliphatic heterocycles. The molecule has 0 fully saturated rings. The molecule has 0 saturated carbocycles. The fourth-order valence-electron chi connectivity index (χ4n) is 4.00. The lowest BCUT2D eigenvalue weighted by atomic mass is 9.99. The average molecular weight is 444 g/mol. The Balaban J connectivity index is 1.41. The summed E-state index contributed by atoms with van der Waals surface area (Å²) in [4.78, 5) is 17.5. The monoisotopic (exact) mass is 444 g/mol. The molecule has 1 unspecified atom stereocenters. The maximum absolute atomic E-state index is 13.2. The van der Waals surface area contributed by atoms with Crippen LogP contribution in [0.15, 0.2) is 42.6 Å². The Kier molecular flexibility index (Phi) is 5.09. The number of nitrogens with one attached hydrogen (secondary N) is 1. The van der Waals surface area contributed by atoms with Gasteiger partial charge in [-0.05, 0) is 42.3 Å². The molecule has 2 aliphatic rings. The lowest BCUT2D eigenvalue weighted by Gasteiger charge is -2.26. The van der Waals surface area contributed by atoms with Crippen molar-refractivity contribution in [2.45, 2.75) is 31.8 Å². The van der Waals surface area contributed by atoms with Crippen LogP contribution in [0.4, 0.5) is 13.2 Å². The smallest absolute Gasteiger partial charge is 0.416 e. The number of halogens is 3. The van der Waals surface area contributed by atoms with Crippen molar-refractivity contribution in [3.8, 4) is 17.0 Å². The quantitative estimate of drug-likeness (QED) is 0.671. The van der Waals surface area contributed by atoms with Crippen LogP contribution in [0.25, 0.3) is 11.3 Å². The Labute approximate surface area is 181 Å². The van der Waals surface area contributed by atoms with E-state index < -0.39 is 23.7 Å². The molecule has 0 radical (unpaired) electrons. The summed E-state index contributed by atoms with van der Waals surface area (Å²) in [5.74, 6) is -0.0381. The molecule has 10 heteroatoms. The third-order valence-corrected chi connectivity index (χ3v) is 5.51. The summed E-state index contributed by atoms with van der Waals surface area (Å²) in [6.07, 6.45) is -2.59. The number of rotatable bonds is 3. The van der Waals surface area contributed by atoms with Crippen LogP contribution in [0.1, 0.15) is 27.3 Å². The molecule has 0 saturated heterocycles. The van der Waals surface area contributed by atoms with Crippen molar-refractivity contribution < 1.29 is 27.4 Å². The van der Waals surface area contributed by atoms with E-state index in [0.717, 1.165) is 17.8 Å². The molecular weight excluding hydrogens is 425 g/mol. The van der Waals surface area contributed by atoms with E-state index in [1.807, 2.05) is 6.07 Å².